The van der Waals surface area contributed by atoms with Crippen LogP contribution in [0.1, 0.15) is 46.0 Å². The number of morpholine rings is 1. The Morgan fingerprint density at radius 2 is 2.00 bits per heavy atom. The molecule has 0 unspecified atom stereocenters. The lowest BCUT2D eigenvalue weighted by atomic mass is 10.0. The number of H-pyrrole nitrogens is 1. The highest BCUT2D eigenvalue weighted by Crippen LogP contribution is 2.23. The van der Waals surface area contributed by atoms with Gasteiger partial charge < -0.3 is 15.0 Å². The van der Waals surface area contributed by atoms with Gasteiger partial charge in [-0.1, -0.05) is 13.8 Å². The van der Waals surface area contributed by atoms with Crippen LogP contribution < -0.4 is 15.8 Å². The van der Waals surface area contributed by atoms with E-state index < -0.39 is 0 Å². The first-order valence-corrected chi connectivity index (χ1v) is 9.85. The van der Waals surface area contributed by atoms with Crippen LogP contribution in [0.25, 0.3) is 0 Å². The summed E-state index contributed by atoms with van der Waals surface area (Å²) in [5.41, 5.74) is 1.04. The van der Waals surface area contributed by atoms with Gasteiger partial charge in [-0.05, 0) is 19.8 Å². The van der Waals surface area contributed by atoms with Crippen LogP contribution in [0.2, 0.25) is 0 Å². The normalized spacial score (nSPS) is 15.8. The fraction of sp³-hybridized carbons (Fsp3) is 0.556. The Balaban J connectivity index is 1.88. The minimum Gasteiger partial charge on any atom is -0.378 e. The average molecular weight is 391 g/mol. The van der Waals surface area contributed by atoms with Crippen LogP contribution in [0.4, 0.5) is 5.95 Å². The van der Waals surface area contributed by atoms with Crippen LogP contribution >= 0.6 is 11.3 Å². The van der Waals surface area contributed by atoms with Crippen molar-refractivity contribution in [2.75, 3.05) is 31.2 Å². The molecule has 3 heterocycles. The second kappa shape index (κ2) is 8.18. The Bertz CT molecular complexity index is 870. The van der Waals surface area contributed by atoms with Gasteiger partial charge in [0.2, 0.25) is 5.95 Å². The average Bonchev–Trinajstić information content (AvgIpc) is 2.97. The molecule has 0 spiro atoms. The van der Waals surface area contributed by atoms with Crippen LogP contribution in [0.15, 0.2) is 10.9 Å². The van der Waals surface area contributed by atoms with Crippen molar-refractivity contribution in [2.45, 2.75) is 33.7 Å². The number of amides is 1. The van der Waals surface area contributed by atoms with Gasteiger partial charge in [-0.15, -0.1) is 11.3 Å². The quantitative estimate of drug-likeness (QED) is 0.806. The van der Waals surface area contributed by atoms with Crippen molar-refractivity contribution in [1.82, 2.24) is 20.3 Å². The number of hydrogen-bond donors (Lipinski definition) is 2. The zero-order valence-corrected chi connectivity index (χ0v) is 16.9. The van der Waals surface area contributed by atoms with Gasteiger partial charge >= 0.3 is 0 Å². The molecule has 1 aliphatic heterocycles. The molecule has 2 aromatic rings. The minimum absolute atomic E-state index is 0.0649. The highest BCUT2D eigenvalue weighted by atomic mass is 32.1. The molecule has 0 saturated carbocycles. The highest BCUT2D eigenvalue weighted by molar-refractivity contribution is 7.13. The van der Waals surface area contributed by atoms with E-state index in [0.29, 0.717) is 48.5 Å². The molecule has 146 valence electrons. The van der Waals surface area contributed by atoms with E-state index in [1.807, 2.05) is 32.6 Å². The summed E-state index contributed by atoms with van der Waals surface area (Å²) in [6.45, 7) is 10.2. The molecule has 1 fully saturated rings. The number of hydrogen-bond acceptors (Lipinski definition) is 7. The second-order valence-corrected chi connectivity index (χ2v) is 8.14. The molecular weight excluding hydrogens is 366 g/mol. The summed E-state index contributed by atoms with van der Waals surface area (Å²) in [6, 6.07) is 1.08. The summed E-state index contributed by atoms with van der Waals surface area (Å²) >= 11 is 1.37. The summed E-state index contributed by atoms with van der Waals surface area (Å²) in [6.07, 6.45) is 0. The number of thiazole rings is 1. The largest absolute Gasteiger partial charge is 0.378 e. The number of carbonyl (C=O) groups excluding carboxylic acids is 1. The number of ether oxygens (including phenoxy) is 1. The Kier molecular flexibility index (Phi) is 5.91. The van der Waals surface area contributed by atoms with Gasteiger partial charge in [-0.25, -0.2) is 9.97 Å². The van der Waals surface area contributed by atoms with Crippen molar-refractivity contribution in [1.29, 1.82) is 0 Å². The number of aryl methyl sites for hydroxylation is 2. The standard InChI is InChI=1S/C18H25N5O3S/c1-10(2)15(22-17(25)16-11(3)19-12(4)27-16)13-9-14(24)21-18(20-13)23-5-7-26-8-6-23/h9-10,15H,5-8H2,1-4H3,(H,22,25)(H,20,21,24)/t15-/m1/s1. The molecule has 2 aromatic heterocycles. The lowest BCUT2D eigenvalue weighted by Crippen LogP contribution is -2.39. The van der Waals surface area contributed by atoms with Crippen LogP contribution in [0.3, 0.4) is 0 Å². The molecule has 1 saturated heterocycles. The summed E-state index contributed by atoms with van der Waals surface area (Å²) in [5, 5.41) is 3.88. The smallest absolute Gasteiger partial charge is 0.263 e. The monoisotopic (exact) mass is 391 g/mol. The van der Waals surface area contributed by atoms with E-state index in [1.165, 1.54) is 17.4 Å². The van der Waals surface area contributed by atoms with Gasteiger partial charge in [0.1, 0.15) is 4.88 Å². The van der Waals surface area contributed by atoms with Gasteiger partial charge in [0.05, 0.1) is 35.7 Å². The second-order valence-electron chi connectivity index (χ2n) is 6.94. The molecule has 3 rings (SSSR count). The van der Waals surface area contributed by atoms with Gasteiger partial charge in [0.15, 0.2) is 0 Å². The molecule has 1 amide bonds. The summed E-state index contributed by atoms with van der Waals surface area (Å²) < 4.78 is 5.36. The van der Waals surface area contributed by atoms with Crippen molar-refractivity contribution in [3.8, 4) is 0 Å². The van der Waals surface area contributed by atoms with E-state index in [0.717, 1.165) is 5.01 Å². The number of carbonyl (C=O) groups is 1. The number of aromatic nitrogens is 3. The van der Waals surface area contributed by atoms with Crippen molar-refractivity contribution in [3.63, 3.8) is 0 Å². The van der Waals surface area contributed by atoms with E-state index >= 15 is 0 Å². The number of anilines is 1. The fourth-order valence-electron chi connectivity index (χ4n) is 3.08. The predicted octanol–water partition coefficient (Wildman–Crippen LogP) is 1.81. The summed E-state index contributed by atoms with van der Waals surface area (Å²) in [4.78, 5) is 39.3. The Morgan fingerprint density at radius 1 is 1.30 bits per heavy atom. The van der Waals surface area contributed by atoms with Gasteiger partial charge in [0, 0.05) is 19.2 Å². The number of nitrogens with zero attached hydrogens (tertiary/aromatic N) is 3. The fourth-order valence-corrected chi connectivity index (χ4v) is 3.90. The lowest BCUT2D eigenvalue weighted by Gasteiger charge is -2.28. The Hall–Kier alpha value is -2.26. The number of rotatable bonds is 5. The summed E-state index contributed by atoms with van der Waals surface area (Å²) in [5.74, 6) is 0.396. The molecule has 1 aliphatic rings. The van der Waals surface area contributed by atoms with Crippen molar-refractivity contribution in [2.24, 2.45) is 5.92 Å². The predicted molar refractivity (Wildman–Crippen MR) is 105 cm³/mol. The van der Waals surface area contributed by atoms with E-state index in [1.54, 1.807) is 0 Å². The Morgan fingerprint density at radius 3 is 2.59 bits per heavy atom. The third-order valence-corrected chi connectivity index (χ3v) is 5.51. The van der Waals surface area contributed by atoms with Gasteiger partial charge in [-0.3, -0.25) is 14.6 Å². The molecule has 27 heavy (non-hydrogen) atoms. The van der Waals surface area contributed by atoms with Gasteiger partial charge in [0.25, 0.3) is 11.5 Å². The Labute approximate surface area is 162 Å². The van der Waals surface area contributed by atoms with E-state index in [9.17, 15) is 9.59 Å². The molecule has 8 nitrogen and oxygen atoms in total. The molecular formula is C18H25N5O3S. The topological polar surface area (TPSA) is 100 Å². The third kappa shape index (κ3) is 4.54. The maximum Gasteiger partial charge on any atom is 0.263 e. The van der Waals surface area contributed by atoms with Crippen LogP contribution in [-0.4, -0.2) is 47.2 Å². The molecule has 1 atom stereocenters. The van der Waals surface area contributed by atoms with Crippen molar-refractivity contribution >= 4 is 23.2 Å². The highest BCUT2D eigenvalue weighted by Gasteiger charge is 2.25. The molecule has 0 radical (unpaired) electrons. The van der Waals surface area contributed by atoms with E-state index in [-0.39, 0.29) is 23.4 Å². The van der Waals surface area contributed by atoms with E-state index in [2.05, 4.69) is 20.3 Å². The maximum atomic E-state index is 12.8. The zero-order valence-electron chi connectivity index (χ0n) is 16.0. The SMILES string of the molecule is Cc1nc(C)c(C(=O)N[C@@H](c2cc(=O)[nH]c(N3CCOCC3)n2)C(C)C)s1. The minimum atomic E-state index is -0.374. The third-order valence-electron chi connectivity index (χ3n) is 4.44. The zero-order chi connectivity index (χ0) is 19.6. The number of nitrogens with one attached hydrogen (secondary N) is 2. The van der Waals surface area contributed by atoms with Crippen molar-refractivity contribution in [3.05, 3.63) is 37.7 Å². The molecule has 0 bridgehead atoms. The first-order chi connectivity index (χ1) is 12.8. The molecule has 2 N–H and O–H groups in total. The maximum absolute atomic E-state index is 12.8. The van der Waals surface area contributed by atoms with Gasteiger partial charge in [-0.2, -0.15) is 0 Å². The molecule has 0 aromatic carbocycles. The van der Waals surface area contributed by atoms with Crippen LogP contribution in [0, 0.1) is 19.8 Å². The lowest BCUT2D eigenvalue weighted by molar-refractivity contribution is 0.0927. The molecule has 0 aliphatic carbocycles. The summed E-state index contributed by atoms with van der Waals surface area (Å²) in [7, 11) is 0. The molecule has 9 heteroatoms. The first-order valence-electron chi connectivity index (χ1n) is 9.04. The first kappa shape index (κ1) is 19.5. The van der Waals surface area contributed by atoms with Crippen LogP contribution in [-0.2, 0) is 4.74 Å². The van der Waals surface area contributed by atoms with E-state index in [4.69, 9.17) is 4.74 Å². The van der Waals surface area contributed by atoms with Crippen molar-refractivity contribution < 1.29 is 9.53 Å². The number of aromatic amines is 1. The van der Waals surface area contributed by atoms with Crippen LogP contribution in [0.5, 0.6) is 0 Å².